The van der Waals surface area contributed by atoms with Gasteiger partial charge in [-0.3, -0.25) is 4.79 Å². The second-order valence-electron chi connectivity index (χ2n) is 8.24. The number of amides is 1. The van der Waals surface area contributed by atoms with Gasteiger partial charge in [0.2, 0.25) is 0 Å². The normalized spacial score (nSPS) is 18.6. The van der Waals surface area contributed by atoms with Crippen LogP contribution in [0, 0.1) is 0 Å². The molecule has 0 N–H and O–H groups in total. The van der Waals surface area contributed by atoms with E-state index in [0.717, 1.165) is 11.3 Å². The van der Waals surface area contributed by atoms with Crippen molar-refractivity contribution >= 4 is 11.7 Å². The van der Waals surface area contributed by atoms with Crippen molar-refractivity contribution in [3.8, 4) is 11.3 Å². The number of hydrogen-bond donors (Lipinski definition) is 0. The molecule has 1 amide bonds. The third kappa shape index (κ3) is 4.94. The average Bonchev–Trinajstić information content (AvgIpc) is 2.79. The predicted octanol–water partition coefficient (Wildman–Crippen LogP) is 4.63. The van der Waals surface area contributed by atoms with Gasteiger partial charge in [-0.25, -0.2) is 4.98 Å². The van der Waals surface area contributed by atoms with E-state index in [1.165, 1.54) is 5.56 Å². The highest BCUT2D eigenvalue weighted by molar-refractivity contribution is 5.99. The van der Waals surface area contributed by atoms with E-state index in [-0.39, 0.29) is 18.1 Å². The van der Waals surface area contributed by atoms with E-state index in [9.17, 15) is 4.79 Å². The van der Waals surface area contributed by atoms with Gasteiger partial charge in [-0.05, 0) is 31.5 Å². The first-order valence-electron chi connectivity index (χ1n) is 10.8. The second-order valence-corrected chi connectivity index (χ2v) is 8.24. The molecule has 0 unspecified atom stereocenters. The van der Waals surface area contributed by atoms with Crippen LogP contribution in [0.2, 0.25) is 0 Å². The van der Waals surface area contributed by atoms with E-state index in [1.54, 1.807) is 0 Å². The number of carbonyl (C=O) groups excluding carboxylic acids is 1. The summed E-state index contributed by atoms with van der Waals surface area (Å²) in [6.45, 7) is 5.86. The average molecular weight is 416 g/mol. The third-order valence-electron chi connectivity index (χ3n) is 5.51. The van der Waals surface area contributed by atoms with Crippen LogP contribution in [-0.2, 0) is 11.3 Å². The molecule has 31 heavy (non-hydrogen) atoms. The maximum atomic E-state index is 13.5. The summed E-state index contributed by atoms with van der Waals surface area (Å²) >= 11 is 0. The van der Waals surface area contributed by atoms with Crippen molar-refractivity contribution in [2.75, 3.05) is 25.0 Å². The minimum absolute atomic E-state index is 0.00373. The molecule has 1 fully saturated rings. The Hall–Kier alpha value is -3.18. The standard InChI is InChI=1S/C26H29N3O2/c1-19-16-29(17-20(2)31-19)26(30)23-14-15-24(22-12-8-5-9-13-22)27-25(23)28(3)18-21-10-6-4-7-11-21/h4-15,19-20H,16-18H2,1-3H3/t19-,20+. The van der Waals surface area contributed by atoms with Crippen LogP contribution >= 0.6 is 0 Å². The Balaban J connectivity index is 1.70. The summed E-state index contributed by atoms with van der Waals surface area (Å²) < 4.78 is 5.82. The first kappa shape index (κ1) is 21.1. The van der Waals surface area contributed by atoms with E-state index in [2.05, 4.69) is 17.0 Å². The molecule has 1 aliphatic rings. The van der Waals surface area contributed by atoms with Crippen LogP contribution in [0.15, 0.2) is 72.8 Å². The number of rotatable bonds is 5. The fourth-order valence-corrected chi connectivity index (χ4v) is 4.12. The predicted molar refractivity (Wildman–Crippen MR) is 124 cm³/mol. The lowest BCUT2D eigenvalue weighted by Crippen LogP contribution is -2.48. The van der Waals surface area contributed by atoms with Gasteiger partial charge in [-0.2, -0.15) is 0 Å². The minimum atomic E-state index is 0.00373. The van der Waals surface area contributed by atoms with Gasteiger partial charge in [0.25, 0.3) is 5.91 Å². The Labute approximate surface area is 184 Å². The van der Waals surface area contributed by atoms with Gasteiger partial charge in [0.1, 0.15) is 5.82 Å². The molecule has 160 valence electrons. The zero-order chi connectivity index (χ0) is 21.8. The number of benzene rings is 2. The molecule has 5 heteroatoms. The molecule has 2 heterocycles. The summed E-state index contributed by atoms with van der Waals surface area (Å²) in [7, 11) is 1.99. The molecule has 2 atom stereocenters. The number of hydrogen-bond acceptors (Lipinski definition) is 4. The summed E-state index contributed by atoms with van der Waals surface area (Å²) in [6, 6.07) is 24.2. The number of ether oxygens (including phenoxy) is 1. The van der Waals surface area contributed by atoms with Crippen molar-refractivity contribution in [3.63, 3.8) is 0 Å². The van der Waals surface area contributed by atoms with Gasteiger partial charge in [-0.15, -0.1) is 0 Å². The van der Waals surface area contributed by atoms with E-state index in [1.807, 2.05) is 86.5 Å². The van der Waals surface area contributed by atoms with Gasteiger partial charge in [0, 0.05) is 32.2 Å². The van der Waals surface area contributed by atoms with E-state index >= 15 is 0 Å². The maximum absolute atomic E-state index is 13.5. The Bertz CT molecular complexity index is 1010. The zero-order valence-electron chi connectivity index (χ0n) is 18.4. The van der Waals surface area contributed by atoms with Crippen LogP contribution in [0.5, 0.6) is 0 Å². The number of anilines is 1. The van der Waals surface area contributed by atoms with Crippen LogP contribution in [-0.4, -0.2) is 48.1 Å². The Kier molecular flexibility index (Phi) is 6.33. The highest BCUT2D eigenvalue weighted by Crippen LogP contribution is 2.27. The molecule has 1 saturated heterocycles. The van der Waals surface area contributed by atoms with Crippen LogP contribution in [0.1, 0.15) is 29.8 Å². The highest BCUT2D eigenvalue weighted by Gasteiger charge is 2.29. The van der Waals surface area contributed by atoms with Crippen molar-refractivity contribution in [2.45, 2.75) is 32.6 Å². The molecule has 0 radical (unpaired) electrons. The molecular formula is C26H29N3O2. The molecular weight excluding hydrogens is 386 g/mol. The van der Waals surface area contributed by atoms with E-state index in [0.29, 0.717) is 31.0 Å². The second kappa shape index (κ2) is 9.31. The van der Waals surface area contributed by atoms with Crippen molar-refractivity contribution < 1.29 is 9.53 Å². The molecule has 0 saturated carbocycles. The number of morpholine rings is 1. The fourth-order valence-electron chi connectivity index (χ4n) is 4.12. The Morgan fingerprint density at radius 1 is 0.968 bits per heavy atom. The summed E-state index contributed by atoms with van der Waals surface area (Å²) in [6.07, 6.45) is 0.0458. The smallest absolute Gasteiger partial charge is 0.257 e. The molecule has 1 aromatic heterocycles. The summed E-state index contributed by atoms with van der Waals surface area (Å²) in [5.74, 6) is 0.700. The molecule has 2 aromatic carbocycles. The maximum Gasteiger partial charge on any atom is 0.257 e. The largest absolute Gasteiger partial charge is 0.372 e. The van der Waals surface area contributed by atoms with Gasteiger partial charge in [-0.1, -0.05) is 60.7 Å². The topological polar surface area (TPSA) is 45.7 Å². The summed E-state index contributed by atoms with van der Waals surface area (Å²) in [5, 5.41) is 0. The molecule has 3 aromatic rings. The number of carbonyl (C=O) groups is 1. The Morgan fingerprint density at radius 2 is 1.58 bits per heavy atom. The number of pyridine rings is 1. The number of aromatic nitrogens is 1. The zero-order valence-corrected chi connectivity index (χ0v) is 18.4. The van der Waals surface area contributed by atoms with Gasteiger partial charge in [0.15, 0.2) is 0 Å². The Morgan fingerprint density at radius 3 is 2.23 bits per heavy atom. The molecule has 0 spiro atoms. The first-order chi connectivity index (χ1) is 15.0. The molecule has 0 aliphatic carbocycles. The number of nitrogens with zero attached hydrogens (tertiary/aromatic N) is 3. The summed E-state index contributed by atoms with van der Waals surface area (Å²) in [4.78, 5) is 22.4. The van der Waals surface area contributed by atoms with Crippen molar-refractivity contribution in [2.24, 2.45) is 0 Å². The van der Waals surface area contributed by atoms with Crippen molar-refractivity contribution in [1.82, 2.24) is 9.88 Å². The van der Waals surface area contributed by atoms with Crippen LogP contribution in [0.3, 0.4) is 0 Å². The fraction of sp³-hybridized carbons (Fsp3) is 0.308. The van der Waals surface area contributed by atoms with E-state index < -0.39 is 0 Å². The van der Waals surface area contributed by atoms with Crippen LogP contribution in [0.4, 0.5) is 5.82 Å². The lowest BCUT2D eigenvalue weighted by molar-refractivity contribution is -0.0586. The van der Waals surface area contributed by atoms with Crippen molar-refractivity contribution in [3.05, 3.63) is 83.9 Å². The van der Waals surface area contributed by atoms with E-state index in [4.69, 9.17) is 9.72 Å². The van der Waals surface area contributed by atoms with Gasteiger partial charge >= 0.3 is 0 Å². The highest BCUT2D eigenvalue weighted by atomic mass is 16.5. The van der Waals surface area contributed by atoms with Gasteiger partial charge < -0.3 is 14.5 Å². The summed E-state index contributed by atoms with van der Waals surface area (Å²) in [5.41, 5.74) is 3.68. The quantitative estimate of drug-likeness (QED) is 0.609. The lowest BCUT2D eigenvalue weighted by atomic mass is 10.1. The monoisotopic (exact) mass is 415 g/mol. The lowest BCUT2D eigenvalue weighted by Gasteiger charge is -2.36. The van der Waals surface area contributed by atoms with Crippen molar-refractivity contribution in [1.29, 1.82) is 0 Å². The van der Waals surface area contributed by atoms with Gasteiger partial charge in [0.05, 0.1) is 23.5 Å². The third-order valence-corrected chi connectivity index (χ3v) is 5.51. The SMILES string of the molecule is C[C@@H]1CN(C(=O)c2ccc(-c3ccccc3)nc2N(C)Cc2ccccc2)C[C@H](C)O1. The minimum Gasteiger partial charge on any atom is -0.372 e. The van der Waals surface area contributed by atoms with Crippen LogP contribution < -0.4 is 4.90 Å². The molecule has 0 bridgehead atoms. The molecule has 5 nitrogen and oxygen atoms in total. The first-order valence-corrected chi connectivity index (χ1v) is 10.8. The molecule has 4 rings (SSSR count). The molecule has 1 aliphatic heterocycles. The van der Waals surface area contributed by atoms with Crippen LogP contribution in [0.25, 0.3) is 11.3 Å².